The van der Waals surface area contributed by atoms with Crippen molar-refractivity contribution < 1.29 is 37.9 Å². The van der Waals surface area contributed by atoms with E-state index in [2.05, 4.69) is 7.05 Å². The molecule has 3 rings (SSSR count). The molecule has 1 fully saturated rings. The lowest BCUT2D eigenvalue weighted by Gasteiger charge is -2.31. The first-order valence-electron chi connectivity index (χ1n) is 6.52. The molecule has 106 valence electrons. The molecule has 19 heavy (non-hydrogen) atoms. The normalized spacial score (nSPS) is 20.3. The van der Waals surface area contributed by atoms with E-state index in [1.165, 1.54) is 31.5 Å². The van der Waals surface area contributed by atoms with Crippen molar-refractivity contribution >= 4 is 11.6 Å². The summed E-state index contributed by atoms with van der Waals surface area (Å²) in [5, 5.41) is 0.781. The Morgan fingerprint density at radius 3 is 2.74 bits per heavy atom. The number of ether oxygens (including phenoxy) is 2. The van der Waals surface area contributed by atoms with Crippen LogP contribution in [0.5, 0.6) is 5.75 Å². The van der Waals surface area contributed by atoms with Crippen LogP contribution in [-0.2, 0) is 17.9 Å². The highest BCUT2D eigenvalue weighted by atomic mass is 127. The minimum absolute atomic E-state index is 0. The number of quaternary nitrogens is 1. The zero-order valence-electron chi connectivity index (χ0n) is 11.1. The first-order valence-corrected chi connectivity index (χ1v) is 6.89. The van der Waals surface area contributed by atoms with Gasteiger partial charge in [-0.15, -0.1) is 0 Å². The molecule has 0 aromatic heterocycles. The van der Waals surface area contributed by atoms with Crippen LogP contribution in [0.1, 0.15) is 24.0 Å². The van der Waals surface area contributed by atoms with E-state index in [4.69, 9.17) is 21.1 Å². The molecule has 0 aliphatic carbocycles. The summed E-state index contributed by atoms with van der Waals surface area (Å²) in [6, 6.07) is 4.00. The van der Waals surface area contributed by atoms with E-state index < -0.39 is 0 Å². The van der Waals surface area contributed by atoms with Gasteiger partial charge >= 0.3 is 0 Å². The quantitative estimate of drug-likeness (QED) is 0.516. The number of benzene rings is 1. The van der Waals surface area contributed by atoms with Crippen LogP contribution in [-0.4, -0.2) is 31.4 Å². The van der Waals surface area contributed by atoms with Gasteiger partial charge in [-0.2, -0.15) is 0 Å². The summed E-state index contributed by atoms with van der Waals surface area (Å²) >= 11 is 6.19. The van der Waals surface area contributed by atoms with Crippen LogP contribution in [0.4, 0.5) is 0 Å². The van der Waals surface area contributed by atoms with Gasteiger partial charge in [-0.05, 0) is 12.1 Å². The van der Waals surface area contributed by atoms with Gasteiger partial charge in [0.1, 0.15) is 12.3 Å². The molecule has 0 radical (unpaired) electrons. The summed E-state index contributed by atoms with van der Waals surface area (Å²) in [6.45, 7) is 4.45. The van der Waals surface area contributed by atoms with Crippen molar-refractivity contribution in [2.75, 3.05) is 26.9 Å². The van der Waals surface area contributed by atoms with E-state index in [-0.39, 0.29) is 24.0 Å². The van der Waals surface area contributed by atoms with Gasteiger partial charge in [0.15, 0.2) is 6.79 Å². The number of hydrogen-bond donors (Lipinski definition) is 0. The van der Waals surface area contributed by atoms with Gasteiger partial charge in [-0.1, -0.05) is 11.6 Å². The fourth-order valence-corrected chi connectivity index (χ4v) is 3.31. The first kappa shape index (κ1) is 15.4. The topological polar surface area (TPSA) is 18.5 Å². The molecule has 1 aromatic carbocycles. The van der Waals surface area contributed by atoms with Crippen molar-refractivity contribution in [3.05, 3.63) is 28.3 Å². The van der Waals surface area contributed by atoms with Gasteiger partial charge in [0.25, 0.3) is 0 Å². The van der Waals surface area contributed by atoms with Crippen molar-refractivity contribution in [2.45, 2.75) is 26.0 Å². The summed E-state index contributed by atoms with van der Waals surface area (Å²) in [5.74, 6) is 0.997. The van der Waals surface area contributed by atoms with Crippen molar-refractivity contribution in [1.82, 2.24) is 0 Å². The monoisotopic (exact) mass is 395 g/mol. The van der Waals surface area contributed by atoms with Crippen LogP contribution in [0.2, 0.25) is 5.02 Å². The molecule has 1 aromatic rings. The maximum atomic E-state index is 6.19. The first-order chi connectivity index (χ1) is 8.66. The predicted octanol–water partition coefficient (Wildman–Crippen LogP) is -0.0491. The second-order valence-corrected chi connectivity index (χ2v) is 6.03. The molecule has 0 N–H and O–H groups in total. The summed E-state index contributed by atoms with van der Waals surface area (Å²) in [4.78, 5) is 0. The molecule has 5 heteroatoms. The fraction of sp³-hybridized carbons (Fsp3) is 0.571. The molecule has 1 saturated heterocycles. The Morgan fingerprint density at radius 2 is 2.00 bits per heavy atom. The standard InChI is InChI=1S/C14H19ClNO2.HI/c1-16(4-2-3-5-16)8-11-6-13(15)7-12-9-17-10-18-14(11)12;/h6-7H,2-5,8-10H2,1H3;1H/q+1;/p-1. The van der Waals surface area contributed by atoms with Gasteiger partial charge in [-0.25, -0.2) is 0 Å². The fourth-order valence-electron chi connectivity index (χ4n) is 3.04. The van der Waals surface area contributed by atoms with Gasteiger partial charge in [0.2, 0.25) is 0 Å². The van der Waals surface area contributed by atoms with E-state index in [9.17, 15) is 0 Å². The average molecular weight is 396 g/mol. The Balaban J connectivity index is 0.00000133. The van der Waals surface area contributed by atoms with E-state index >= 15 is 0 Å². The third kappa shape index (κ3) is 3.35. The number of halogens is 2. The molecule has 0 unspecified atom stereocenters. The van der Waals surface area contributed by atoms with E-state index in [0.29, 0.717) is 13.4 Å². The summed E-state index contributed by atoms with van der Waals surface area (Å²) < 4.78 is 12.1. The summed E-state index contributed by atoms with van der Waals surface area (Å²) in [7, 11) is 2.32. The molecule has 0 bridgehead atoms. The second kappa shape index (κ2) is 6.16. The van der Waals surface area contributed by atoms with Crippen LogP contribution < -0.4 is 28.7 Å². The SMILES string of the molecule is C[N+]1(Cc2cc(Cl)cc3c2OCOC3)CCCC1.[I-]. The van der Waals surface area contributed by atoms with Crippen LogP contribution in [0.25, 0.3) is 0 Å². The molecule has 0 saturated carbocycles. The van der Waals surface area contributed by atoms with Gasteiger partial charge in [-0.3, -0.25) is 0 Å². The number of rotatable bonds is 2. The minimum atomic E-state index is 0. The maximum absolute atomic E-state index is 6.19. The van der Waals surface area contributed by atoms with Crippen molar-refractivity contribution in [3.63, 3.8) is 0 Å². The highest BCUT2D eigenvalue weighted by molar-refractivity contribution is 6.30. The molecule has 0 spiro atoms. The molecule has 0 amide bonds. The Labute approximate surface area is 136 Å². The summed E-state index contributed by atoms with van der Waals surface area (Å²) in [5.41, 5.74) is 2.31. The summed E-state index contributed by atoms with van der Waals surface area (Å²) in [6.07, 6.45) is 2.65. The van der Waals surface area contributed by atoms with Crippen molar-refractivity contribution in [2.24, 2.45) is 0 Å². The van der Waals surface area contributed by atoms with Crippen molar-refractivity contribution in [1.29, 1.82) is 0 Å². The van der Waals surface area contributed by atoms with Gasteiger partial charge < -0.3 is 37.9 Å². The number of likely N-dealkylation sites (tertiary alicyclic amines) is 1. The smallest absolute Gasteiger partial charge is 0.189 e. The third-order valence-electron chi connectivity index (χ3n) is 3.95. The Kier molecular flexibility index (Phi) is 4.98. The number of fused-ring (bicyclic) bond motifs is 1. The molecule has 2 heterocycles. The maximum Gasteiger partial charge on any atom is 0.189 e. The lowest BCUT2D eigenvalue weighted by Crippen LogP contribution is -3.00. The molecule has 0 atom stereocenters. The van der Waals surface area contributed by atoms with Gasteiger partial charge in [0.05, 0.1) is 32.3 Å². The second-order valence-electron chi connectivity index (χ2n) is 5.60. The molecular weight excluding hydrogens is 377 g/mol. The highest BCUT2D eigenvalue weighted by Crippen LogP contribution is 2.34. The Hall–Kier alpha value is -0.0400. The number of nitrogens with zero attached hydrogens (tertiary/aromatic N) is 1. The zero-order chi connectivity index (χ0) is 12.6. The van der Waals surface area contributed by atoms with Crippen LogP contribution >= 0.6 is 11.6 Å². The lowest BCUT2D eigenvalue weighted by atomic mass is 10.1. The van der Waals surface area contributed by atoms with Gasteiger partial charge in [0, 0.05) is 23.4 Å². The Morgan fingerprint density at radius 1 is 1.26 bits per heavy atom. The van der Waals surface area contributed by atoms with Crippen LogP contribution in [0.3, 0.4) is 0 Å². The van der Waals surface area contributed by atoms with Crippen molar-refractivity contribution in [3.8, 4) is 5.75 Å². The number of hydrogen-bond acceptors (Lipinski definition) is 2. The third-order valence-corrected chi connectivity index (χ3v) is 4.17. The predicted molar refractivity (Wildman–Crippen MR) is 70.6 cm³/mol. The molecular formula is C14H19ClINO2. The van der Waals surface area contributed by atoms with Crippen LogP contribution in [0, 0.1) is 0 Å². The van der Waals surface area contributed by atoms with E-state index in [1.54, 1.807) is 0 Å². The van der Waals surface area contributed by atoms with Crippen LogP contribution in [0.15, 0.2) is 12.1 Å². The average Bonchev–Trinajstić information content (AvgIpc) is 2.75. The largest absolute Gasteiger partial charge is 1.00 e. The Bertz CT molecular complexity index is 461. The highest BCUT2D eigenvalue weighted by Gasteiger charge is 2.29. The van der Waals surface area contributed by atoms with E-state index in [1.807, 2.05) is 12.1 Å². The molecule has 3 nitrogen and oxygen atoms in total. The zero-order valence-corrected chi connectivity index (χ0v) is 14.0. The lowest BCUT2D eigenvalue weighted by molar-refractivity contribution is -0.910. The molecule has 2 aliphatic rings. The minimum Gasteiger partial charge on any atom is -1.00 e. The molecule has 2 aliphatic heterocycles. The van der Waals surface area contributed by atoms with E-state index in [0.717, 1.165) is 27.4 Å².